The summed E-state index contributed by atoms with van der Waals surface area (Å²) in [5.41, 5.74) is 8.42. The predicted molar refractivity (Wildman–Crippen MR) is 87.8 cm³/mol. The largest absolute Gasteiger partial charge is 0.390 e. The average molecular weight is 312 g/mol. The first kappa shape index (κ1) is 15.5. The Morgan fingerprint density at radius 2 is 2.13 bits per heavy atom. The van der Waals surface area contributed by atoms with E-state index in [4.69, 9.17) is 5.73 Å². The first-order chi connectivity index (χ1) is 11.1. The lowest BCUT2D eigenvalue weighted by Crippen LogP contribution is -2.49. The molecule has 1 aromatic heterocycles. The van der Waals surface area contributed by atoms with Crippen LogP contribution in [-0.2, 0) is 13.0 Å². The summed E-state index contributed by atoms with van der Waals surface area (Å²) < 4.78 is 0. The van der Waals surface area contributed by atoms with Crippen LogP contribution in [0.3, 0.4) is 0 Å². The number of pyridine rings is 1. The molecule has 6 nitrogen and oxygen atoms in total. The lowest BCUT2D eigenvalue weighted by atomic mass is 9.93. The second-order valence-corrected chi connectivity index (χ2v) is 5.71. The van der Waals surface area contributed by atoms with Gasteiger partial charge in [0.2, 0.25) is 0 Å². The molecule has 1 aliphatic rings. The highest BCUT2D eigenvalue weighted by molar-refractivity contribution is 5.94. The van der Waals surface area contributed by atoms with Crippen molar-refractivity contribution in [2.75, 3.05) is 12.3 Å². The number of fused-ring (bicyclic) bond motifs is 1. The van der Waals surface area contributed by atoms with Gasteiger partial charge in [0.15, 0.2) is 0 Å². The van der Waals surface area contributed by atoms with Crippen LogP contribution in [0.1, 0.15) is 21.5 Å². The fraction of sp³-hybridized carbons (Fsp3) is 0.294. The SMILES string of the molecule is Nc1ccc(C(=O)NC[C@@H](O)[C@@H]2Cc3ccccc3CN2)cn1. The third-order valence-electron chi connectivity index (χ3n) is 4.10. The Hall–Kier alpha value is -2.44. The Morgan fingerprint density at radius 3 is 2.87 bits per heavy atom. The maximum atomic E-state index is 12.0. The second-order valence-electron chi connectivity index (χ2n) is 5.71. The molecule has 5 N–H and O–H groups in total. The van der Waals surface area contributed by atoms with Crippen LogP contribution in [0, 0.1) is 0 Å². The minimum absolute atomic E-state index is 0.0743. The van der Waals surface area contributed by atoms with Crippen molar-refractivity contribution in [2.45, 2.75) is 25.1 Å². The van der Waals surface area contributed by atoms with Gasteiger partial charge < -0.3 is 21.5 Å². The summed E-state index contributed by atoms with van der Waals surface area (Å²) in [5, 5.41) is 16.4. The fourth-order valence-electron chi connectivity index (χ4n) is 2.73. The predicted octanol–water partition coefficient (Wildman–Crippen LogP) is 0.469. The second kappa shape index (κ2) is 6.76. The van der Waals surface area contributed by atoms with Gasteiger partial charge in [0.25, 0.3) is 5.91 Å². The van der Waals surface area contributed by atoms with Gasteiger partial charge in [-0.15, -0.1) is 0 Å². The number of aliphatic hydroxyl groups is 1. The molecule has 23 heavy (non-hydrogen) atoms. The van der Waals surface area contributed by atoms with E-state index in [1.54, 1.807) is 12.1 Å². The van der Waals surface area contributed by atoms with Crippen LogP contribution in [0.4, 0.5) is 5.82 Å². The maximum absolute atomic E-state index is 12.0. The first-order valence-electron chi connectivity index (χ1n) is 7.61. The van der Waals surface area contributed by atoms with Crippen LogP contribution in [0.5, 0.6) is 0 Å². The third-order valence-corrected chi connectivity index (χ3v) is 4.10. The van der Waals surface area contributed by atoms with E-state index in [9.17, 15) is 9.90 Å². The van der Waals surface area contributed by atoms with Gasteiger partial charge in [-0.3, -0.25) is 4.79 Å². The quantitative estimate of drug-likeness (QED) is 0.657. The van der Waals surface area contributed by atoms with Gasteiger partial charge in [0.1, 0.15) is 5.82 Å². The molecule has 0 spiro atoms. The number of carbonyl (C=O) groups is 1. The molecule has 3 rings (SSSR count). The van der Waals surface area contributed by atoms with Crippen molar-refractivity contribution in [3.05, 3.63) is 59.3 Å². The number of hydrogen-bond donors (Lipinski definition) is 4. The molecule has 6 heteroatoms. The lowest BCUT2D eigenvalue weighted by Gasteiger charge is -2.30. The van der Waals surface area contributed by atoms with Gasteiger partial charge in [0, 0.05) is 25.3 Å². The topological polar surface area (TPSA) is 100 Å². The number of nitrogens with one attached hydrogen (secondary N) is 2. The third kappa shape index (κ3) is 3.67. The van der Waals surface area contributed by atoms with Crippen LogP contribution in [0.15, 0.2) is 42.6 Å². The maximum Gasteiger partial charge on any atom is 0.252 e. The molecule has 2 atom stereocenters. The monoisotopic (exact) mass is 312 g/mol. The highest BCUT2D eigenvalue weighted by atomic mass is 16.3. The molecule has 0 unspecified atom stereocenters. The summed E-state index contributed by atoms with van der Waals surface area (Å²) in [4.78, 5) is 15.9. The van der Waals surface area contributed by atoms with E-state index in [-0.39, 0.29) is 18.5 Å². The summed E-state index contributed by atoms with van der Waals surface area (Å²) in [5.74, 6) is 0.0967. The van der Waals surface area contributed by atoms with E-state index in [1.807, 2.05) is 12.1 Å². The molecule has 0 radical (unpaired) electrons. The minimum Gasteiger partial charge on any atom is -0.390 e. The molecular formula is C17H20N4O2. The molecule has 1 amide bonds. The number of benzene rings is 1. The van der Waals surface area contributed by atoms with Crippen molar-refractivity contribution in [1.29, 1.82) is 0 Å². The van der Waals surface area contributed by atoms with E-state index in [2.05, 4.69) is 27.8 Å². The van der Waals surface area contributed by atoms with Crippen LogP contribution in [0.2, 0.25) is 0 Å². The zero-order valence-electron chi connectivity index (χ0n) is 12.7. The molecule has 2 aromatic rings. The van der Waals surface area contributed by atoms with E-state index in [0.29, 0.717) is 11.4 Å². The highest BCUT2D eigenvalue weighted by Gasteiger charge is 2.24. The standard InChI is InChI=1S/C17H20N4O2/c18-16-6-5-13(9-20-16)17(23)21-10-15(22)14-7-11-3-1-2-4-12(11)8-19-14/h1-6,9,14-15,19,22H,7-8,10H2,(H2,18,20)(H,21,23)/t14-,15+/m0/s1. The minimum atomic E-state index is -0.658. The Bertz CT molecular complexity index is 687. The molecule has 0 saturated carbocycles. The van der Waals surface area contributed by atoms with E-state index in [0.717, 1.165) is 13.0 Å². The number of aliphatic hydroxyl groups excluding tert-OH is 1. The van der Waals surface area contributed by atoms with Crippen molar-refractivity contribution >= 4 is 11.7 Å². The number of carbonyl (C=O) groups excluding carboxylic acids is 1. The molecule has 0 fully saturated rings. The highest BCUT2D eigenvalue weighted by Crippen LogP contribution is 2.17. The lowest BCUT2D eigenvalue weighted by molar-refractivity contribution is 0.0869. The number of nitrogen functional groups attached to an aromatic ring is 1. The van der Waals surface area contributed by atoms with Gasteiger partial charge in [-0.25, -0.2) is 4.98 Å². The molecule has 0 saturated heterocycles. The molecule has 1 aromatic carbocycles. The van der Waals surface area contributed by atoms with Crippen molar-refractivity contribution in [1.82, 2.24) is 15.6 Å². The summed E-state index contributed by atoms with van der Waals surface area (Å²) in [7, 11) is 0. The zero-order chi connectivity index (χ0) is 16.2. The Morgan fingerprint density at radius 1 is 1.35 bits per heavy atom. The number of rotatable bonds is 4. The van der Waals surface area contributed by atoms with E-state index >= 15 is 0 Å². The van der Waals surface area contributed by atoms with Gasteiger partial charge in [-0.2, -0.15) is 0 Å². The van der Waals surface area contributed by atoms with Gasteiger partial charge in [-0.05, 0) is 29.7 Å². The van der Waals surface area contributed by atoms with Crippen LogP contribution < -0.4 is 16.4 Å². The van der Waals surface area contributed by atoms with Crippen molar-refractivity contribution in [3.8, 4) is 0 Å². The Balaban J connectivity index is 1.55. The molecular weight excluding hydrogens is 292 g/mol. The van der Waals surface area contributed by atoms with Crippen molar-refractivity contribution in [3.63, 3.8) is 0 Å². The van der Waals surface area contributed by atoms with Crippen molar-refractivity contribution in [2.24, 2.45) is 0 Å². The number of hydrogen-bond acceptors (Lipinski definition) is 5. The fourth-order valence-corrected chi connectivity index (χ4v) is 2.73. The first-order valence-corrected chi connectivity index (χ1v) is 7.61. The smallest absolute Gasteiger partial charge is 0.252 e. The summed E-state index contributed by atoms with van der Waals surface area (Å²) in [6.07, 6.45) is 1.51. The van der Waals surface area contributed by atoms with E-state index in [1.165, 1.54) is 17.3 Å². The number of nitrogens with zero attached hydrogens (tertiary/aromatic N) is 1. The summed E-state index contributed by atoms with van der Waals surface area (Å²) in [6.45, 7) is 0.913. The van der Waals surface area contributed by atoms with Crippen molar-refractivity contribution < 1.29 is 9.90 Å². The van der Waals surface area contributed by atoms with Crippen LogP contribution in [0.25, 0.3) is 0 Å². The summed E-state index contributed by atoms with van der Waals surface area (Å²) in [6, 6.07) is 11.3. The van der Waals surface area contributed by atoms with Crippen LogP contribution >= 0.6 is 0 Å². The number of aromatic nitrogens is 1. The molecule has 1 aliphatic heterocycles. The number of nitrogens with two attached hydrogens (primary N) is 1. The Labute approximate surface area is 134 Å². The van der Waals surface area contributed by atoms with Crippen LogP contribution in [-0.4, -0.2) is 34.7 Å². The van der Waals surface area contributed by atoms with E-state index < -0.39 is 6.10 Å². The molecule has 0 aliphatic carbocycles. The number of anilines is 1. The normalized spacial score (nSPS) is 18.0. The van der Waals surface area contributed by atoms with Gasteiger partial charge in [-0.1, -0.05) is 24.3 Å². The zero-order valence-corrected chi connectivity index (χ0v) is 12.7. The molecule has 2 heterocycles. The van der Waals surface area contributed by atoms with Gasteiger partial charge >= 0.3 is 0 Å². The molecule has 0 bridgehead atoms. The number of amides is 1. The summed E-state index contributed by atoms with van der Waals surface area (Å²) >= 11 is 0. The molecule has 120 valence electrons. The average Bonchev–Trinajstić information content (AvgIpc) is 2.59. The van der Waals surface area contributed by atoms with Gasteiger partial charge in [0.05, 0.1) is 11.7 Å². The Kier molecular flexibility index (Phi) is 4.55.